The zero-order valence-corrected chi connectivity index (χ0v) is 17.3. The molecule has 2 heterocycles. The van der Waals surface area contributed by atoms with E-state index in [2.05, 4.69) is 22.0 Å². The van der Waals surface area contributed by atoms with E-state index < -0.39 is 10.0 Å². The van der Waals surface area contributed by atoms with E-state index in [0.717, 1.165) is 48.4 Å². The van der Waals surface area contributed by atoms with Crippen LogP contribution < -0.4 is 4.90 Å². The molecule has 6 heteroatoms. The van der Waals surface area contributed by atoms with E-state index in [1.807, 2.05) is 37.3 Å². The number of sulfonamides is 1. The summed E-state index contributed by atoms with van der Waals surface area (Å²) in [4.78, 5) is 7.36. The highest BCUT2D eigenvalue weighted by atomic mass is 32.2. The second kappa shape index (κ2) is 7.18. The quantitative estimate of drug-likeness (QED) is 0.675. The summed E-state index contributed by atoms with van der Waals surface area (Å²) >= 11 is 0. The first-order chi connectivity index (χ1) is 13.4. The average Bonchev–Trinajstić information content (AvgIpc) is 2.67. The van der Waals surface area contributed by atoms with Gasteiger partial charge in [0, 0.05) is 44.0 Å². The summed E-state index contributed by atoms with van der Waals surface area (Å²) in [6.07, 6.45) is 1.92. The number of aryl methyl sites for hydroxylation is 2. The van der Waals surface area contributed by atoms with Crippen LogP contribution in [0, 0.1) is 6.92 Å². The molecule has 146 valence electrons. The minimum atomic E-state index is -3.41. The molecule has 2 aromatic carbocycles. The van der Waals surface area contributed by atoms with E-state index in [-0.39, 0.29) is 0 Å². The Morgan fingerprint density at radius 3 is 2.68 bits per heavy atom. The SMILES string of the molecule is Cc1cc(CN2CCCc3cc(S(=O)(=O)N(C)C)ccc32)c2ccccc2n1. The van der Waals surface area contributed by atoms with Crippen molar-refractivity contribution in [3.8, 4) is 0 Å². The molecule has 0 atom stereocenters. The normalized spacial score (nSPS) is 14.5. The minimum Gasteiger partial charge on any atom is -0.367 e. The van der Waals surface area contributed by atoms with Crippen molar-refractivity contribution in [1.82, 2.24) is 9.29 Å². The third-order valence-electron chi connectivity index (χ3n) is 5.34. The highest BCUT2D eigenvalue weighted by Gasteiger charge is 2.23. The molecule has 0 fully saturated rings. The third-order valence-corrected chi connectivity index (χ3v) is 7.15. The topological polar surface area (TPSA) is 53.5 Å². The molecule has 0 aliphatic carbocycles. The fraction of sp³-hybridized carbons (Fsp3) is 0.318. The molecule has 1 aromatic heterocycles. The van der Waals surface area contributed by atoms with Crippen LogP contribution in [0.5, 0.6) is 0 Å². The van der Waals surface area contributed by atoms with Crippen LogP contribution in [0.15, 0.2) is 53.4 Å². The van der Waals surface area contributed by atoms with Gasteiger partial charge in [0.25, 0.3) is 0 Å². The molecular formula is C22H25N3O2S. The lowest BCUT2D eigenvalue weighted by Gasteiger charge is -2.32. The number of para-hydroxylation sites is 1. The number of hydrogen-bond donors (Lipinski definition) is 0. The Balaban J connectivity index is 1.72. The van der Waals surface area contributed by atoms with Gasteiger partial charge < -0.3 is 4.90 Å². The van der Waals surface area contributed by atoms with Crippen molar-refractivity contribution in [3.63, 3.8) is 0 Å². The Morgan fingerprint density at radius 2 is 1.89 bits per heavy atom. The molecule has 0 N–H and O–H groups in total. The number of anilines is 1. The molecule has 0 saturated heterocycles. The molecule has 3 aromatic rings. The second-order valence-electron chi connectivity index (χ2n) is 7.54. The molecule has 0 saturated carbocycles. The molecule has 1 aliphatic heterocycles. The van der Waals surface area contributed by atoms with E-state index in [0.29, 0.717) is 4.90 Å². The van der Waals surface area contributed by atoms with E-state index in [1.54, 1.807) is 20.2 Å². The Labute approximate surface area is 166 Å². The third kappa shape index (κ3) is 3.38. The summed E-state index contributed by atoms with van der Waals surface area (Å²) in [6, 6.07) is 15.9. The van der Waals surface area contributed by atoms with Gasteiger partial charge in [0.1, 0.15) is 0 Å². The van der Waals surface area contributed by atoms with Gasteiger partial charge in [-0.3, -0.25) is 4.98 Å². The lowest BCUT2D eigenvalue weighted by molar-refractivity contribution is 0.520. The van der Waals surface area contributed by atoms with Crippen molar-refractivity contribution in [3.05, 3.63) is 65.4 Å². The monoisotopic (exact) mass is 395 g/mol. The number of aromatic nitrogens is 1. The Hall–Kier alpha value is -2.44. The van der Waals surface area contributed by atoms with Crippen LogP contribution in [0.2, 0.25) is 0 Å². The van der Waals surface area contributed by atoms with Crippen LogP contribution >= 0.6 is 0 Å². The van der Waals surface area contributed by atoms with Crippen molar-refractivity contribution in [2.45, 2.75) is 31.2 Å². The van der Waals surface area contributed by atoms with Gasteiger partial charge in [0.05, 0.1) is 10.4 Å². The molecule has 0 bridgehead atoms. The van der Waals surface area contributed by atoms with Gasteiger partial charge in [-0.2, -0.15) is 0 Å². The maximum absolute atomic E-state index is 12.5. The van der Waals surface area contributed by atoms with E-state index >= 15 is 0 Å². The number of hydrogen-bond acceptors (Lipinski definition) is 4. The van der Waals surface area contributed by atoms with E-state index in [9.17, 15) is 8.42 Å². The standard InChI is InChI=1S/C22H25N3O2S/c1-16-13-18(20-8-4-5-9-21(20)23-16)15-25-12-6-7-17-14-19(10-11-22(17)25)28(26,27)24(2)3/h4-5,8-11,13-14H,6-7,12,15H2,1-3H3. The summed E-state index contributed by atoms with van der Waals surface area (Å²) in [7, 11) is -0.280. The van der Waals surface area contributed by atoms with Gasteiger partial charge in [-0.1, -0.05) is 18.2 Å². The fourth-order valence-corrected chi connectivity index (χ4v) is 4.87. The molecule has 1 aliphatic rings. The predicted molar refractivity (Wildman–Crippen MR) is 113 cm³/mol. The van der Waals surface area contributed by atoms with Gasteiger partial charge in [0.15, 0.2) is 0 Å². The first-order valence-electron chi connectivity index (χ1n) is 9.52. The van der Waals surface area contributed by atoms with Crippen LogP contribution in [0.4, 0.5) is 5.69 Å². The molecule has 0 radical (unpaired) electrons. The Bertz CT molecular complexity index is 1140. The zero-order valence-electron chi connectivity index (χ0n) is 16.5. The Morgan fingerprint density at radius 1 is 1.11 bits per heavy atom. The van der Waals surface area contributed by atoms with Gasteiger partial charge in [-0.25, -0.2) is 12.7 Å². The van der Waals surface area contributed by atoms with Gasteiger partial charge in [0.2, 0.25) is 10.0 Å². The number of benzene rings is 2. The average molecular weight is 396 g/mol. The van der Waals surface area contributed by atoms with E-state index in [4.69, 9.17) is 0 Å². The van der Waals surface area contributed by atoms with Gasteiger partial charge in [-0.15, -0.1) is 0 Å². The Kier molecular flexibility index (Phi) is 4.85. The fourth-order valence-electron chi connectivity index (χ4n) is 3.92. The van der Waals surface area contributed by atoms with Crippen molar-refractivity contribution < 1.29 is 8.42 Å². The molecule has 0 unspecified atom stereocenters. The van der Waals surface area contributed by atoms with Crippen LogP contribution in [0.3, 0.4) is 0 Å². The molecule has 5 nitrogen and oxygen atoms in total. The lowest BCUT2D eigenvalue weighted by atomic mass is 10.00. The maximum atomic E-state index is 12.5. The highest BCUT2D eigenvalue weighted by molar-refractivity contribution is 7.89. The van der Waals surface area contributed by atoms with Crippen LogP contribution in [-0.2, 0) is 23.0 Å². The zero-order chi connectivity index (χ0) is 19.9. The summed E-state index contributed by atoms with van der Waals surface area (Å²) in [5.41, 5.74) is 5.51. The first kappa shape index (κ1) is 18.9. The highest BCUT2D eigenvalue weighted by Crippen LogP contribution is 2.32. The summed E-state index contributed by atoms with van der Waals surface area (Å²) < 4.78 is 26.2. The van der Waals surface area contributed by atoms with Crippen LogP contribution in [0.25, 0.3) is 10.9 Å². The predicted octanol–water partition coefficient (Wildman–Crippen LogP) is 3.75. The molecule has 0 spiro atoms. The molecule has 28 heavy (non-hydrogen) atoms. The van der Waals surface area contributed by atoms with Crippen molar-refractivity contribution in [1.29, 1.82) is 0 Å². The summed E-state index contributed by atoms with van der Waals surface area (Å²) in [6.45, 7) is 3.78. The molecule has 4 rings (SSSR count). The lowest BCUT2D eigenvalue weighted by Crippen LogP contribution is -2.29. The number of pyridine rings is 1. The number of rotatable bonds is 4. The van der Waals surface area contributed by atoms with Crippen LogP contribution in [0.1, 0.15) is 23.2 Å². The van der Waals surface area contributed by atoms with Crippen molar-refractivity contribution in [2.24, 2.45) is 0 Å². The van der Waals surface area contributed by atoms with Gasteiger partial charge in [-0.05, 0) is 61.2 Å². The summed E-state index contributed by atoms with van der Waals surface area (Å²) in [5, 5.41) is 1.17. The van der Waals surface area contributed by atoms with Gasteiger partial charge >= 0.3 is 0 Å². The molecule has 0 amide bonds. The molecular weight excluding hydrogens is 370 g/mol. The largest absolute Gasteiger partial charge is 0.367 e. The number of nitrogens with zero attached hydrogens (tertiary/aromatic N) is 3. The first-order valence-corrected chi connectivity index (χ1v) is 11.0. The number of fused-ring (bicyclic) bond motifs is 2. The second-order valence-corrected chi connectivity index (χ2v) is 9.69. The maximum Gasteiger partial charge on any atom is 0.242 e. The van der Waals surface area contributed by atoms with Crippen molar-refractivity contribution in [2.75, 3.05) is 25.5 Å². The van der Waals surface area contributed by atoms with Crippen LogP contribution in [-0.4, -0.2) is 38.3 Å². The minimum absolute atomic E-state index is 0.364. The smallest absolute Gasteiger partial charge is 0.242 e. The summed E-state index contributed by atoms with van der Waals surface area (Å²) in [5.74, 6) is 0. The van der Waals surface area contributed by atoms with Crippen molar-refractivity contribution >= 4 is 26.6 Å². The van der Waals surface area contributed by atoms with E-state index in [1.165, 1.54) is 15.3 Å².